The number of halogens is 1. The monoisotopic (exact) mass is 324 g/mol. The molecule has 0 radical (unpaired) electrons. The van der Waals surface area contributed by atoms with Crippen LogP contribution in [0.2, 0.25) is 0 Å². The largest absolute Gasteiger partial charge is 0.389 e. The van der Waals surface area contributed by atoms with Crippen molar-refractivity contribution in [3.8, 4) is 0 Å². The number of nitrogens with zero attached hydrogens (tertiary/aromatic N) is 2. The predicted molar refractivity (Wildman–Crippen MR) is 66.7 cm³/mol. The number of hydrogen-bond acceptors (Lipinski definition) is 3. The van der Waals surface area contributed by atoms with Crippen LogP contribution in [0.5, 0.6) is 0 Å². The van der Waals surface area contributed by atoms with E-state index in [9.17, 15) is 5.11 Å². The average molecular weight is 324 g/mol. The first-order valence-corrected chi connectivity index (χ1v) is 6.24. The van der Waals surface area contributed by atoms with Crippen molar-refractivity contribution >= 4 is 22.6 Å². The molecule has 1 unspecified atom stereocenters. The number of aliphatic hydroxyl groups excluding tert-OH is 1. The van der Waals surface area contributed by atoms with Crippen LogP contribution >= 0.6 is 22.6 Å². The standard InChI is InChI=1S/C10H17IN2O2/c1-2-3-4-15-8-10(14)7-13-6-9(11)5-12-13/h5-6,10,14H,2-4,7-8H2,1H3. The first kappa shape index (κ1) is 12.9. The minimum atomic E-state index is -0.474. The van der Waals surface area contributed by atoms with Gasteiger partial charge < -0.3 is 9.84 Å². The number of aliphatic hydroxyl groups is 1. The molecule has 1 aromatic rings. The van der Waals surface area contributed by atoms with E-state index in [1.807, 2.05) is 6.20 Å². The lowest BCUT2D eigenvalue weighted by Crippen LogP contribution is -2.22. The number of rotatable bonds is 7. The molecule has 0 aliphatic carbocycles. The van der Waals surface area contributed by atoms with Crippen LogP contribution in [0.25, 0.3) is 0 Å². The van der Waals surface area contributed by atoms with Crippen LogP contribution in [-0.2, 0) is 11.3 Å². The fourth-order valence-electron chi connectivity index (χ4n) is 1.17. The molecule has 1 heterocycles. The fourth-order valence-corrected chi connectivity index (χ4v) is 1.62. The Morgan fingerprint density at radius 1 is 1.67 bits per heavy atom. The molecule has 0 bridgehead atoms. The Hall–Kier alpha value is -0.140. The van der Waals surface area contributed by atoms with Gasteiger partial charge in [0.05, 0.1) is 29.0 Å². The SMILES string of the molecule is CCCCOCC(O)Cn1cc(I)cn1. The lowest BCUT2D eigenvalue weighted by Gasteiger charge is -2.10. The van der Waals surface area contributed by atoms with Crippen molar-refractivity contribution in [2.24, 2.45) is 0 Å². The third-order valence-corrected chi connectivity index (χ3v) is 2.51. The third kappa shape index (κ3) is 5.48. The Balaban J connectivity index is 2.15. The summed E-state index contributed by atoms with van der Waals surface area (Å²) in [6.07, 6.45) is 5.36. The topological polar surface area (TPSA) is 47.3 Å². The molecule has 1 atom stereocenters. The second kappa shape index (κ2) is 7.19. The number of hydrogen-bond donors (Lipinski definition) is 1. The maximum Gasteiger partial charge on any atom is 0.0968 e. The molecule has 0 spiro atoms. The Kier molecular flexibility index (Phi) is 6.19. The molecule has 0 aliphatic heterocycles. The van der Waals surface area contributed by atoms with Crippen LogP contribution in [0.4, 0.5) is 0 Å². The minimum absolute atomic E-state index is 0.385. The van der Waals surface area contributed by atoms with Crippen molar-refractivity contribution in [2.45, 2.75) is 32.4 Å². The highest BCUT2D eigenvalue weighted by Gasteiger charge is 2.05. The summed E-state index contributed by atoms with van der Waals surface area (Å²) in [5.74, 6) is 0. The summed E-state index contributed by atoms with van der Waals surface area (Å²) in [7, 11) is 0. The minimum Gasteiger partial charge on any atom is -0.389 e. The van der Waals surface area contributed by atoms with E-state index in [2.05, 4.69) is 34.6 Å². The zero-order chi connectivity index (χ0) is 11.1. The van der Waals surface area contributed by atoms with E-state index in [-0.39, 0.29) is 0 Å². The number of aromatic nitrogens is 2. The van der Waals surface area contributed by atoms with Gasteiger partial charge in [0.2, 0.25) is 0 Å². The predicted octanol–water partition coefficient (Wildman–Crippen LogP) is 1.67. The van der Waals surface area contributed by atoms with Gasteiger partial charge in [-0.2, -0.15) is 5.10 Å². The van der Waals surface area contributed by atoms with Gasteiger partial charge in [0.15, 0.2) is 0 Å². The van der Waals surface area contributed by atoms with E-state index in [0.717, 1.165) is 23.0 Å². The smallest absolute Gasteiger partial charge is 0.0968 e. The zero-order valence-electron chi connectivity index (χ0n) is 8.90. The van der Waals surface area contributed by atoms with E-state index < -0.39 is 6.10 Å². The molecule has 0 aromatic carbocycles. The molecule has 1 N–H and O–H groups in total. The normalized spacial score (nSPS) is 13.0. The summed E-state index contributed by atoms with van der Waals surface area (Å²) < 4.78 is 8.13. The van der Waals surface area contributed by atoms with Crippen molar-refractivity contribution in [3.63, 3.8) is 0 Å². The Bertz CT molecular complexity index is 278. The summed E-state index contributed by atoms with van der Waals surface area (Å²) in [6.45, 7) is 3.72. The summed E-state index contributed by atoms with van der Waals surface area (Å²) in [5, 5.41) is 13.7. The van der Waals surface area contributed by atoms with E-state index in [1.54, 1.807) is 10.9 Å². The van der Waals surface area contributed by atoms with Crippen LogP contribution < -0.4 is 0 Å². The van der Waals surface area contributed by atoms with Gasteiger partial charge >= 0.3 is 0 Å². The Morgan fingerprint density at radius 2 is 2.47 bits per heavy atom. The highest BCUT2D eigenvalue weighted by molar-refractivity contribution is 14.1. The van der Waals surface area contributed by atoms with E-state index in [0.29, 0.717) is 13.2 Å². The molecule has 86 valence electrons. The van der Waals surface area contributed by atoms with Crippen molar-refractivity contribution in [1.29, 1.82) is 0 Å². The van der Waals surface area contributed by atoms with Crippen LogP contribution in [0.15, 0.2) is 12.4 Å². The number of ether oxygens (including phenoxy) is 1. The van der Waals surface area contributed by atoms with Gasteiger partial charge in [0.1, 0.15) is 0 Å². The van der Waals surface area contributed by atoms with Gasteiger partial charge in [-0.15, -0.1) is 0 Å². The summed E-state index contributed by atoms with van der Waals surface area (Å²) >= 11 is 2.19. The first-order chi connectivity index (χ1) is 7.22. The van der Waals surface area contributed by atoms with Gasteiger partial charge in [-0.3, -0.25) is 4.68 Å². The maximum atomic E-state index is 9.62. The molecule has 0 saturated carbocycles. The molecular weight excluding hydrogens is 307 g/mol. The van der Waals surface area contributed by atoms with Gasteiger partial charge in [-0.05, 0) is 29.0 Å². The maximum absolute atomic E-state index is 9.62. The molecule has 1 rings (SSSR count). The van der Waals surface area contributed by atoms with E-state index in [4.69, 9.17) is 4.74 Å². The lowest BCUT2D eigenvalue weighted by molar-refractivity contribution is 0.0253. The zero-order valence-corrected chi connectivity index (χ0v) is 11.1. The molecule has 5 heteroatoms. The second-order valence-electron chi connectivity index (χ2n) is 3.46. The van der Waals surface area contributed by atoms with Crippen molar-refractivity contribution in [1.82, 2.24) is 9.78 Å². The molecule has 0 amide bonds. The highest BCUT2D eigenvalue weighted by Crippen LogP contribution is 2.02. The van der Waals surface area contributed by atoms with Crippen LogP contribution in [0, 0.1) is 3.57 Å². The van der Waals surface area contributed by atoms with E-state index >= 15 is 0 Å². The van der Waals surface area contributed by atoms with Crippen molar-refractivity contribution in [2.75, 3.05) is 13.2 Å². The van der Waals surface area contributed by atoms with E-state index in [1.165, 1.54) is 0 Å². The second-order valence-corrected chi connectivity index (χ2v) is 4.71. The fraction of sp³-hybridized carbons (Fsp3) is 0.700. The first-order valence-electron chi connectivity index (χ1n) is 5.16. The van der Waals surface area contributed by atoms with Gasteiger partial charge in [0.25, 0.3) is 0 Å². The Morgan fingerprint density at radius 3 is 3.07 bits per heavy atom. The van der Waals surface area contributed by atoms with Gasteiger partial charge in [-0.25, -0.2) is 0 Å². The van der Waals surface area contributed by atoms with Gasteiger partial charge in [-0.1, -0.05) is 13.3 Å². The summed E-state index contributed by atoms with van der Waals surface area (Å²) in [6, 6.07) is 0. The lowest BCUT2D eigenvalue weighted by atomic mass is 10.3. The molecule has 1 aromatic heterocycles. The molecule has 15 heavy (non-hydrogen) atoms. The number of unbranched alkanes of at least 4 members (excludes halogenated alkanes) is 1. The molecule has 0 aliphatic rings. The summed E-state index contributed by atoms with van der Waals surface area (Å²) in [4.78, 5) is 0. The molecule has 4 nitrogen and oxygen atoms in total. The highest BCUT2D eigenvalue weighted by atomic mass is 127. The van der Waals surface area contributed by atoms with Crippen LogP contribution in [0.1, 0.15) is 19.8 Å². The third-order valence-electron chi connectivity index (χ3n) is 1.95. The molecular formula is C10H17IN2O2. The van der Waals surface area contributed by atoms with Gasteiger partial charge in [0, 0.05) is 12.8 Å². The average Bonchev–Trinajstić information content (AvgIpc) is 2.59. The molecule has 0 fully saturated rings. The molecule has 0 saturated heterocycles. The summed E-state index contributed by atoms with van der Waals surface area (Å²) in [5.41, 5.74) is 0. The van der Waals surface area contributed by atoms with Crippen molar-refractivity contribution < 1.29 is 9.84 Å². The van der Waals surface area contributed by atoms with Crippen LogP contribution in [-0.4, -0.2) is 34.2 Å². The van der Waals surface area contributed by atoms with Crippen LogP contribution in [0.3, 0.4) is 0 Å². The quantitative estimate of drug-likeness (QED) is 0.613. The Labute approximate surface area is 104 Å². The van der Waals surface area contributed by atoms with Crippen molar-refractivity contribution in [3.05, 3.63) is 16.0 Å².